The molecule has 0 saturated carbocycles. The largest absolute Gasteiger partial charge is 0.439 e. The smallest absolute Gasteiger partial charge is 0.408 e. The van der Waals surface area contributed by atoms with Crippen LogP contribution >= 0.6 is 0 Å². The van der Waals surface area contributed by atoms with Gasteiger partial charge in [0.25, 0.3) is 0 Å². The number of aromatic nitrogens is 3. The maximum Gasteiger partial charge on any atom is 0.408 e. The summed E-state index contributed by atoms with van der Waals surface area (Å²) in [6, 6.07) is 11.6. The Morgan fingerprint density at radius 3 is 2.44 bits per heavy atom. The van der Waals surface area contributed by atoms with Crippen LogP contribution in [0.15, 0.2) is 67.1 Å². The van der Waals surface area contributed by atoms with E-state index in [0.29, 0.717) is 22.2 Å². The Morgan fingerprint density at radius 1 is 0.875 bits per heavy atom. The van der Waals surface area contributed by atoms with Crippen molar-refractivity contribution in [1.82, 2.24) is 20.3 Å². The van der Waals surface area contributed by atoms with Crippen molar-refractivity contribution in [1.29, 1.82) is 0 Å². The Balaban J connectivity index is 1.47. The number of carbonyl (C=O) groups is 1. The van der Waals surface area contributed by atoms with E-state index in [-0.39, 0.29) is 5.56 Å². The summed E-state index contributed by atoms with van der Waals surface area (Å²) in [5.74, 6) is 4.79. The van der Waals surface area contributed by atoms with Gasteiger partial charge in [-0.15, -0.1) is 0 Å². The highest BCUT2D eigenvalue weighted by atomic mass is 19.1. The number of fused-ring (bicyclic) bond motifs is 1. The number of cyclic esters (lactones) is 1. The number of hydrogen-bond acceptors (Lipinski definition) is 5. The van der Waals surface area contributed by atoms with Crippen molar-refractivity contribution in [2.24, 2.45) is 0 Å². The molecule has 156 valence electrons. The van der Waals surface area contributed by atoms with Gasteiger partial charge < -0.3 is 10.1 Å². The van der Waals surface area contributed by atoms with E-state index in [1.165, 1.54) is 36.5 Å². The molecule has 6 nitrogen and oxygen atoms in total. The third-order valence-electron chi connectivity index (χ3n) is 5.03. The summed E-state index contributed by atoms with van der Waals surface area (Å²) in [4.78, 5) is 24.2. The van der Waals surface area contributed by atoms with Gasteiger partial charge in [-0.3, -0.25) is 9.97 Å². The van der Waals surface area contributed by atoms with Gasteiger partial charge in [0, 0.05) is 35.3 Å². The lowest BCUT2D eigenvalue weighted by Gasteiger charge is -2.18. The molecular formula is C24H14F2N4O2. The lowest BCUT2D eigenvalue weighted by molar-refractivity contribution is 0.131. The van der Waals surface area contributed by atoms with Crippen LogP contribution in [0.4, 0.5) is 13.6 Å². The first-order chi connectivity index (χ1) is 15.6. The number of nitrogens with zero attached hydrogens (tertiary/aromatic N) is 3. The first-order valence-corrected chi connectivity index (χ1v) is 9.68. The van der Waals surface area contributed by atoms with E-state index in [9.17, 15) is 13.6 Å². The van der Waals surface area contributed by atoms with Crippen molar-refractivity contribution < 1.29 is 18.3 Å². The minimum absolute atomic E-state index is 0.126. The van der Waals surface area contributed by atoms with Gasteiger partial charge >= 0.3 is 6.09 Å². The predicted molar refractivity (Wildman–Crippen MR) is 111 cm³/mol. The van der Waals surface area contributed by atoms with Gasteiger partial charge in [-0.05, 0) is 42.0 Å². The number of alkyl carbamates (subject to hydrolysis) is 1. The summed E-state index contributed by atoms with van der Waals surface area (Å²) in [6.07, 6.45) is 3.01. The summed E-state index contributed by atoms with van der Waals surface area (Å²) in [7, 11) is 0. The highest BCUT2D eigenvalue weighted by Crippen LogP contribution is 2.37. The van der Waals surface area contributed by atoms with E-state index in [1.807, 2.05) is 18.2 Å². The Morgan fingerprint density at radius 2 is 1.62 bits per heavy atom. The zero-order chi connectivity index (χ0) is 22.1. The zero-order valence-electron chi connectivity index (χ0n) is 16.4. The molecule has 0 bridgehead atoms. The fourth-order valence-corrected chi connectivity index (χ4v) is 3.51. The Kier molecular flexibility index (Phi) is 4.92. The van der Waals surface area contributed by atoms with Crippen LogP contribution in [0.5, 0.6) is 0 Å². The van der Waals surface area contributed by atoms with E-state index < -0.39 is 30.0 Å². The third kappa shape index (κ3) is 3.84. The van der Waals surface area contributed by atoms with Crippen molar-refractivity contribution >= 4 is 17.1 Å². The van der Waals surface area contributed by atoms with Crippen molar-refractivity contribution in [3.8, 4) is 11.8 Å². The molecule has 2 aromatic heterocycles. The van der Waals surface area contributed by atoms with Crippen molar-refractivity contribution in [3.05, 3.63) is 101 Å². The monoisotopic (exact) mass is 428 g/mol. The van der Waals surface area contributed by atoms with Crippen molar-refractivity contribution in [2.45, 2.75) is 12.1 Å². The SMILES string of the molecule is O=C1N[C@H](c2cc(C#Cc3ccc4nccnc4c3)cnc2F)[C@@H](c2ccc(F)cc2)O1. The lowest BCUT2D eigenvalue weighted by Crippen LogP contribution is -2.21. The van der Waals surface area contributed by atoms with Crippen molar-refractivity contribution in [3.63, 3.8) is 0 Å². The van der Waals surface area contributed by atoms with E-state index in [1.54, 1.807) is 12.4 Å². The fourth-order valence-electron chi connectivity index (χ4n) is 3.51. The number of hydrogen-bond donors (Lipinski definition) is 1. The summed E-state index contributed by atoms with van der Waals surface area (Å²) in [5, 5.41) is 2.60. The number of nitrogens with one attached hydrogen (secondary N) is 1. The van der Waals surface area contributed by atoms with Gasteiger partial charge in [0.15, 0.2) is 6.10 Å². The number of ether oxygens (including phenoxy) is 1. The molecule has 2 atom stereocenters. The minimum atomic E-state index is -0.835. The lowest BCUT2D eigenvalue weighted by atomic mass is 9.96. The Bertz CT molecular complexity index is 1400. The zero-order valence-corrected chi connectivity index (χ0v) is 16.4. The molecule has 5 rings (SSSR count). The molecule has 8 heteroatoms. The van der Waals surface area contributed by atoms with Crippen LogP contribution in [0.25, 0.3) is 11.0 Å². The highest BCUT2D eigenvalue weighted by Gasteiger charge is 2.38. The van der Waals surface area contributed by atoms with Gasteiger partial charge in [-0.2, -0.15) is 4.39 Å². The fraction of sp³-hybridized carbons (Fsp3) is 0.0833. The van der Waals surface area contributed by atoms with Crippen molar-refractivity contribution in [2.75, 3.05) is 0 Å². The molecule has 1 amide bonds. The van der Waals surface area contributed by atoms with E-state index in [0.717, 1.165) is 5.52 Å². The number of halogens is 2. The van der Waals surface area contributed by atoms with Crippen LogP contribution in [0.1, 0.15) is 34.4 Å². The second kappa shape index (κ2) is 8.04. The summed E-state index contributed by atoms with van der Waals surface area (Å²) in [5.41, 5.74) is 3.30. The molecule has 0 aliphatic carbocycles. The van der Waals surface area contributed by atoms with E-state index in [2.05, 4.69) is 32.1 Å². The maximum atomic E-state index is 14.6. The molecule has 1 fully saturated rings. The molecule has 1 aliphatic rings. The highest BCUT2D eigenvalue weighted by molar-refractivity contribution is 5.75. The predicted octanol–water partition coefficient (Wildman–Crippen LogP) is 4.23. The molecule has 32 heavy (non-hydrogen) atoms. The quantitative estimate of drug-likeness (QED) is 0.382. The van der Waals surface area contributed by atoms with Gasteiger partial charge in [0.05, 0.1) is 11.0 Å². The Labute approximate surface area is 181 Å². The molecule has 4 aromatic rings. The number of carbonyl (C=O) groups excluding carboxylic acids is 1. The molecule has 1 N–H and O–H groups in total. The summed E-state index contributed by atoms with van der Waals surface area (Å²) >= 11 is 0. The maximum absolute atomic E-state index is 14.6. The first kappa shape index (κ1) is 19.6. The van der Waals surface area contributed by atoms with E-state index in [4.69, 9.17) is 4.74 Å². The van der Waals surface area contributed by atoms with Gasteiger partial charge in [0.1, 0.15) is 11.9 Å². The molecular weight excluding hydrogens is 414 g/mol. The second-order valence-electron chi connectivity index (χ2n) is 7.11. The minimum Gasteiger partial charge on any atom is -0.439 e. The standard InChI is InChI=1S/C24H14F2N4O2/c25-17-6-4-16(5-7-17)22-21(30-24(31)32-22)18-11-15(13-29-23(18)26)2-1-14-3-8-19-20(12-14)28-10-9-27-19/h3-13,21-22H,(H,30,31)/t21-,22-/m1/s1. The second-order valence-corrected chi connectivity index (χ2v) is 7.11. The average Bonchev–Trinajstić information content (AvgIpc) is 3.20. The van der Waals surface area contributed by atoms with Crippen LogP contribution in [-0.2, 0) is 4.74 Å². The molecule has 3 heterocycles. The first-order valence-electron chi connectivity index (χ1n) is 9.68. The van der Waals surface area contributed by atoms with Crippen LogP contribution in [0, 0.1) is 23.6 Å². The average molecular weight is 428 g/mol. The number of amides is 1. The Hall–Kier alpha value is -4.38. The molecule has 0 unspecified atom stereocenters. The van der Waals surface area contributed by atoms with E-state index >= 15 is 0 Å². The molecule has 0 spiro atoms. The molecule has 1 aliphatic heterocycles. The van der Waals surface area contributed by atoms with Gasteiger partial charge in [-0.25, -0.2) is 14.2 Å². The molecule has 1 saturated heterocycles. The summed E-state index contributed by atoms with van der Waals surface area (Å²) in [6.45, 7) is 0. The number of pyridine rings is 1. The number of benzene rings is 2. The number of rotatable bonds is 2. The third-order valence-corrected chi connectivity index (χ3v) is 5.03. The van der Waals surface area contributed by atoms with Gasteiger partial charge in [-0.1, -0.05) is 24.0 Å². The summed E-state index contributed by atoms with van der Waals surface area (Å²) < 4.78 is 33.2. The van der Waals surface area contributed by atoms with Crippen LogP contribution in [0.2, 0.25) is 0 Å². The van der Waals surface area contributed by atoms with Crippen LogP contribution < -0.4 is 5.32 Å². The van der Waals surface area contributed by atoms with Gasteiger partial charge in [0.2, 0.25) is 5.95 Å². The normalized spacial score (nSPS) is 17.4. The van der Waals surface area contributed by atoms with Crippen LogP contribution in [-0.4, -0.2) is 21.0 Å². The molecule has 2 aromatic carbocycles. The molecule has 0 radical (unpaired) electrons. The topological polar surface area (TPSA) is 77.0 Å². The van der Waals surface area contributed by atoms with Crippen LogP contribution in [0.3, 0.4) is 0 Å².